The van der Waals surface area contributed by atoms with E-state index in [2.05, 4.69) is 58.1 Å². The quantitative estimate of drug-likeness (QED) is 0.652. The van der Waals surface area contributed by atoms with Crippen molar-refractivity contribution in [3.05, 3.63) is 59.7 Å². The van der Waals surface area contributed by atoms with Crippen molar-refractivity contribution in [1.82, 2.24) is 14.5 Å². The van der Waals surface area contributed by atoms with Crippen molar-refractivity contribution in [2.75, 3.05) is 18.4 Å². The molecule has 0 radical (unpaired) electrons. The molecule has 0 aliphatic carbocycles. The van der Waals surface area contributed by atoms with E-state index in [0.29, 0.717) is 6.04 Å². The van der Waals surface area contributed by atoms with Crippen molar-refractivity contribution >= 4 is 17.0 Å². The molecule has 0 spiro atoms. The van der Waals surface area contributed by atoms with Crippen LogP contribution >= 0.6 is 0 Å². The monoisotopic (exact) mass is 378 g/mol. The lowest BCUT2D eigenvalue weighted by Gasteiger charge is -2.32. The minimum absolute atomic E-state index is 0.0548. The average Bonchev–Trinajstić information content (AvgIpc) is 3.07. The van der Waals surface area contributed by atoms with Crippen molar-refractivity contribution in [1.29, 1.82) is 0 Å². The van der Waals surface area contributed by atoms with Crippen LogP contribution in [-0.4, -0.2) is 38.7 Å². The third-order valence-electron chi connectivity index (χ3n) is 5.61. The summed E-state index contributed by atoms with van der Waals surface area (Å²) in [7, 11) is 0. The largest absolute Gasteiger partial charge is 0.392 e. The molecule has 148 valence electrons. The Labute approximate surface area is 167 Å². The fraction of sp³-hybridized carbons (Fsp3) is 0.435. The molecule has 1 aliphatic rings. The summed E-state index contributed by atoms with van der Waals surface area (Å²) in [4.78, 5) is 7.39. The van der Waals surface area contributed by atoms with Gasteiger partial charge in [-0.3, -0.25) is 4.90 Å². The number of aliphatic hydroxyl groups excluding tert-OH is 1. The molecule has 0 unspecified atom stereocenters. The fourth-order valence-corrected chi connectivity index (χ4v) is 4.09. The number of piperidine rings is 1. The summed E-state index contributed by atoms with van der Waals surface area (Å²) in [5.74, 6) is 0.966. The summed E-state index contributed by atoms with van der Waals surface area (Å²) in [5, 5.41) is 13.1. The standard InChI is InChI=1S/C23H30N4O/c1-2-12-27-22-9-8-19(17-28)15-21(22)25-23(27)24-20-10-13-26(14-11-20)16-18-6-4-3-5-7-18/h3-9,15,20,28H,2,10-14,16-17H2,1H3,(H,24,25). The SMILES string of the molecule is CCCn1c(NC2CCN(Cc3ccccc3)CC2)nc2cc(CO)ccc21. The normalized spacial score (nSPS) is 15.9. The van der Waals surface area contributed by atoms with Gasteiger partial charge in [-0.1, -0.05) is 43.3 Å². The Bertz CT molecular complexity index is 898. The molecule has 5 heteroatoms. The van der Waals surface area contributed by atoms with Gasteiger partial charge in [0.2, 0.25) is 5.95 Å². The van der Waals surface area contributed by atoms with Crippen LogP contribution in [0, 0.1) is 0 Å². The van der Waals surface area contributed by atoms with Gasteiger partial charge in [-0.15, -0.1) is 0 Å². The molecule has 2 N–H and O–H groups in total. The molecule has 1 fully saturated rings. The van der Waals surface area contributed by atoms with Gasteiger partial charge in [-0.25, -0.2) is 4.98 Å². The lowest BCUT2D eigenvalue weighted by molar-refractivity contribution is 0.211. The molecule has 0 amide bonds. The van der Waals surface area contributed by atoms with Crippen LogP contribution in [0.25, 0.3) is 11.0 Å². The van der Waals surface area contributed by atoms with Gasteiger partial charge in [0.25, 0.3) is 0 Å². The van der Waals surface area contributed by atoms with Crippen LogP contribution in [0.15, 0.2) is 48.5 Å². The van der Waals surface area contributed by atoms with Gasteiger partial charge in [0.05, 0.1) is 17.6 Å². The molecule has 0 atom stereocenters. The number of aromatic nitrogens is 2. The van der Waals surface area contributed by atoms with Gasteiger partial charge in [0.15, 0.2) is 0 Å². The van der Waals surface area contributed by atoms with E-state index in [-0.39, 0.29) is 6.61 Å². The highest BCUT2D eigenvalue weighted by Gasteiger charge is 2.21. The lowest BCUT2D eigenvalue weighted by atomic mass is 10.0. The number of rotatable bonds is 7. The van der Waals surface area contributed by atoms with Crippen LogP contribution in [0.4, 0.5) is 5.95 Å². The number of aryl methyl sites for hydroxylation is 1. The van der Waals surface area contributed by atoms with Crippen molar-refractivity contribution < 1.29 is 5.11 Å². The third kappa shape index (κ3) is 4.21. The number of fused-ring (bicyclic) bond motifs is 1. The molecular formula is C23H30N4O. The summed E-state index contributed by atoms with van der Waals surface area (Å²) >= 11 is 0. The second-order valence-corrected chi connectivity index (χ2v) is 7.75. The molecule has 3 aromatic rings. The minimum Gasteiger partial charge on any atom is -0.392 e. The summed E-state index contributed by atoms with van der Waals surface area (Å²) in [6, 6.07) is 17.2. The predicted octanol–water partition coefficient (Wildman–Crippen LogP) is 4.02. The van der Waals surface area contributed by atoms with E-state index < -0.39 is 0 Å². The van der Waals surface area contributed by atoms with Crippen molar-refractivity contribution in [2.24, 2.45) is 0 Å². The summed E-state index contributed by atoms with van der Waals surface area (Å²) in [6.45, 7) is 6.44. The van der Waals surface area contributed by atoms with E-state index >= 15 is 0 Å². The lowest BCUT2D eigenvalue weighted by Crippen LogP contribution is -2.39. The number of imidazole rings is 1. The highest BCUT2D eigenvalue weighted by atomic mass is 16.3. The molecule has 5 nitrogen and oxygen atoms in total. The summed E-state index contributed by atoms with van der Waals surface area (Å²) < 4.78 is 2.28. The van der Waals surface area contributed by atoms with Crippen molar-refractivity contribution in [3.63, 3.8) is 0 Å². The first kappa shape index (κ1) is 19.0. The molecule has 0 bridgehead atoms. The van der Waals surface area contributed by atoms with E-state index in [1.54, 1.807) is 0 Å². The average molecular weight is 379 g/mol. The molecule has 0 saturated carbocycles. The maximum absolute atomic E-state index is 9.41. The van der Waals surface area contributed by atoms with E-state index in [1.807, 2.05) is 12.1 Å². The van der Waals surface area contributed by atoms with E-state index in [1.165, 1.54) is 5.56 Å². The van der Waals surface area contributed by atoms with Crippen molar-refractivity contribution in [3.8, 4) is 0 Å². The van der Waals surface area contributed by atoms with Crippen LogP contribution in [0.3, 0.4) is 0 Å². The van der Waals surface area contributed by atoms with Gasteiger partial charge < -0.3 is 15.0 Å². The van der Waals surface area contributed by atoms with Crippen LogP contribution in [-0.2, 0) is 19.7 Å². The third-order valence-corrected chi connectivity index (χ3v) is 5.61. The van der Waals surface area contributed by atoms with Crippen LogP contribution in [0.2, 0.25) is 0 Å². The van der Waals surface area contributed by atoms with E-state index in [0.717, 1.165) is 68.0 Å². The molecule has 4 rings (SSSR count). The zero-order valence-electron chi connectivity index (χ0n) is 16.6. The maximum atomic E-state index is 9.41. The number of hydrogen-bond donors (Lipinski definition) is 2. The molecule has 28 heavy (non-hydrogen) atoms. The van der Waals surface area contributed by atoms with E-state index in [4.69, 9.17) is 4.98 Å². The second-order valence-electron chi connectivity index (χ2n) is 7.75. The van der Waals surface area contributed by atoms with Crippen LogP contribution < -0.4 is 5.32 Å². The zero-order valence-corrected chi connectivity index (χ0v) is 16.6. The Morgan fingerprint density at radius 1 is 1.07 bits per heavy atom. The second kappa shape index (κ2) is 8.76. The fourth-order valence-electron chi connectivity index (χ4n) is 4.09. The summed E-state index contributed by atoms with van der Waals surface area (Å²) in [5.41, 5.74) is 4.40. The first-order chi connectivity index (χ1) is 13.8. The van der Waals surface area contributed by atoms with Crippen LogP contribution in [0.1, 0.15) is 37.3 Å². The zero-order chi connectivity index (χ0) is 19.3. The first-order valence-electron chi connectivity index (χ1n) is 10.4. The smallest absolute Gasteiger partial charge is 0.204 e. The van der Waals surface area contributed by atoms with Crippen LogP contribution in [0.5, 0.6) is 0 Å². The Balaban J connectivity index is 1.43. The number of anilines is 1. The van der Waals surface area contributed by atoms with Gasteiger partial charge in [0.1, 0.15) is 0 Å². The molecule has 1 aliphatic heterocycles. The molecule has 2 heterocycles. The Kier molecular flexibility index (Phi) is 5.93. The van der Waals surface area contributed by atoms with Gasteiger partial charge in [-0.2, -0.15) is 0 Å². The number of benzene rings is 2. The van der Waals surface area contributed by atoms with Crippen molar-refractivity contribution in [2.45, 2.75) is 51.9 Å². The highest BCUT2D eigenvalue weighted by Crippen LogP contribution is 2.24. The Morgan fingerprint density at radius 2 is 1.86 bits per heavy atom. The highest BCUT2D eigenvalue weighted by molar-refractivity contribution is 5.79. The number of hydrogen-bond acceptors (Lipinski definition) is 4. The number of nitrogens with one attached hydrogen (secondary N) is 1. The number of aliphatic hydroxyl groups is 1. The van der Waals surface area contributed by atoms with E-state index in [9.17, 15) is 5.11 Å². The molecule has 2 aromatic carbocycles. The first-order valence-corrected chi connectivity index (χ1v) is 10.4. The number of nitrogens with zero attached hydrogens (tertiary/aromatic N) is 3. The minimum atomic E-state index is 0.0548. The van der Waals surface area contributed by atoms with Gasteiger partial charge in [-0.05, 0) is 42.5 Å². The number of likely N-dealkylation sites (tertiary alicyclic amines) is 1. The van der Waals surface area contributed by atoms with Gasteiger partial charge >= 0.3 is 0 Å². The topological polar surface area (TPSA) is 53.3 Å². The Hall–Kier alpha value is -2.37. The predicted molar refractivity (Wildman–Crippen MR) is 114 cm³/mol. The molecular weight excluding hydrogens is 348 g/mol. The summed E-state index contributed by atoms with van der Waals surface area (Å²) in [6.07, 6.45) is 3.32. The molecule has 1 saturated heterocycles. The van der Waals surface area contributed by atoms with Gasteiger partial charge in [0, 0.05) is 32.2 Å². The molecule has 1 aromatic heterocycles. The Morgan fingerprint density at radius 3 is 2.57 bits per heavy atom. The maximum Gasteiger partial charge on any atom is 0.204 e.